The number of nitrogens with zero attached hydrogens (tertiary/aromatic N) is 3. The Hall–Kier alpha value is -2.05. The fraction of sp³-hybridized carbons (Fsp3) is 0.615. The van der Waals surface area contributed by atoms with E-state index < -0.39 is 0 Å². The van der Waals surface area contributed by atoms with Crippen LogP contribution in [-0.2, 0) is 16.1 Å². The number of aryl methyl sites for hydroxylation is 1. The van der Waals surface area contributed by atoms with Gasteiger partial charge >= 0.3 is 5.97 Å². The second-order valence-corrected chi connectivity index (χ2v) is 5.11. The predicted octanol–water partition coefficient (Wildman–Crippen LogP) is 0.366. The van der Waals surface area contributed by atoms with Crippen molar-refractivity contribution in [3.8, 4) is 0 Å². The van der Waals surface area contributed by atoms with Crippen molar-refractivity contribution in [3.05, 3.63) is 11.9 Å². The molecule has 1 saturated heterocycles. The Balaban J connectivity index is 2.14. The number of carbonyl (C=O) groups excluding carboxylic acids is 2. The normalized spacial score (nSPS) is 22.1. The van der Waals surface area contributed by atoms with E-state index in [-0.39, 0.29) is 29.4 Å². The monoisotopic (exact) mass is 280 g/mol. The molecular formula is C13H20N4O3. The summed E-state index contributed by atoms with van der Waals surface area (Å²) in [7, 11) is 1.36. The van der Waals surface area contributed by atoms with Gasteiger partial charge < -0.3 is 15.4 Å². The first-order chi connectivity index (χ1) is 9.47. The van der Waals surface area contributed by atoms with Gasteiger partial charge in [0.05, 0.1) is 18.7 Å². The third-order valence-electron chi connectivity index (χ3n) is 3.72. The van der Waals surface area contributed by atoms with E-state index in [2.05, 4.69) is 5.10 Å². The molecule has 2 heterocycles. The number of rotatable bonds is 3. The summed E-state index contributed by atoms with van der Waals surface area (Å²) in [6.07, 6.45) is 1.64. The molecule has 2 rings (SSSR count). The number of amides is 1. The molecule has 1 fully saturated rings. The summed E-state index contributed by atoms with van der Waals surface area (Å²) in [5.74, 6) is -0.716. The first-order valence-electron chi connectivity index (χ1n) is 6.68. The van der Waals surface area contributed by atoms with E-state index in [0.717, 1.165) is 0 Å². The number of nitrogens with two attached hydrogens (primary N) is 1. The maximum absolute atomic E-state index is 12.4. The SMILES string of the molecule is CCn1cc(N)c(C(=O)N2CC(C)C(C(=O)OC)C2)n1. The van der Waals surface area contributed by atoms with Gasteiger partial charge in [0.2, 0.25) is 0 Å². The maximum Gasteiger partial charge on any atom is 0.310 e. The summed E-state index contributed by atoms with van der Waals surface area (Å²) in [6, 6.07) is 0. The minimum atomic E-state index is -0.279. The average molecular weight is 280 g/mol. The molecule has 1 amide bonds. The zero-order chi connectivity index (χ0) is 14.9. The summed E-state index contributed by atoms with van der Waals surface area (Å²) in [4.78, 5) is 25.7. The van der Waals surface area contributed by atoms with Crippen molar-refractivity contribution in [2.45, 2.75) is 20.4 Å². The third-order valence-corrected chi connectivity index (χ3v) is 3.72. The summed E-state index contributed by atoms with van der Waals surface area (Å²) < 4.78 is 6.39. The molecule has 1 aliphatic heterocycles. The lowest BCUT2D eigenvalue weighted by atomic mass is 9.99. The van der Waals surface area contributed by atoms with Gasteiger partial charge in [0.1, 0.15) is 0 Å². The number of esters is 1. The minimum Gasteiger partial charge on any atom is -0.469 e. The molecule has 0 spiro atoms. The van der Waals surface area contributed by atoms with Crippen LogP contribution < -0.4 is 5.73 Å². The number of aromatic nitrogens is 2. The molecule has 0 bridgehead atoms. The molecule has 1 aromatic heterocycles. The van der Waals surface area contributed by atoms with Crippen LogP contribution in [0, 0.1) is 11.8 Å². The van der Waals surface area contributed by atoms with E-state index in [0.29, 0.717) is 25.3 Å². The molecule has 0 radical (unpaired) electrons. The molecule has 0 aliphatic carbocycles. The van der Waals surface area contributed by atoms with Gasteiger partial charge in [-0.3, -0.25) is 14.3 Å². The molecule has 2 atom stereocenters. The molecular weight excluding hydrogens is 260 g/mol. The second kappa shape index (κ2) is 5.52. The highest BCUT2D eigenvalue weighted by atomic mass is 16.5. The Morgan fingerprint density at radius 3 is 2.75 bits per heavy atom. The van der Waals surface area contributed by atoms with Crippen molar-refractivity contribution in [1.29, 1.82) is 0 Å². The average Bonchev–Trinajstić information content (AvgIpc) is 3.00. The number of hydrogen-bond donors (Lipinski definition) is 1. The van der Waals surface area contributed by atoms with Gasteiger partial charge in [-0.2, -0.15) is 5.10 Å². The Kier molecular flexibility index (Phi) is 3.96. The number of likely N-dealkylation sites (tertiary alicyclic amines) is 1. The van der Waals surface area contributed by atoms with Crippen LogP contribution in [-0.4, -0.2) is 46.8 Å². The van der Waals surface area contributed by atoms with E-state index in [1.54, 1.807) is 15.8 Å². The van der Waals surface area contributed by atoms with E-state index in [1.165, 1.54) is 7.11 Å². The lowest BCUT2D eigenvalue weighted by molar-refractivity contribution is -0.146. The van der Waals surface area contributed by atoms with Crippen LogP contribution >= 0.6 is 0 Å². The lowest BCUT2D eigenvalue weighted by Gasteiger charge is -2.14. The lowest BCUT2D eigenvalue weighted by Crippen LogP contribution is -2.31. The number of ether oxygens (including phenoxy) is 1. The summed E-state index contributed by atoms with van der Waals surface area (Å²) in [5, 5.41) is 4.17. The van der Waals surface area contributed by atoms with E-state index in [4.69, 9.17) is 10.5 Å². The molecule has 0 saturated carbocycles. The molecule has 1 aromatic rings. The molecule has 20 heavy (non-hydrogen) atoms. The van der Waals surface area contributed by atoms with Crippen molar-refractivity contribution < 1.29 is 14.3 Å². The quantitative estimate of drug-likeness (QED) is 0.808. The zero-order valence-electron chi connectivity index (χ0n) is 12.0. The van der Waals surface area contributed by atoms with E-state index >= 15 is 0 Å². The highest BCUT2D eigenvalue weighted by Gasteiger charge is 2.38. The van der Waals surface area contributed by atoms with E-state index in [9.17, 15) is 9.59 Å². The molecule has 7 nitrogen and oxygen atoms in total. The number of hydrogen-bond acceptors (Lipinski definition) is 5. The van der Waals surface area contributed by atoms with Gasteiger partial charge in [0, 0.05) is 25.8 Å². The van der Waals surface area contributed by atoms with Crippen LogP contribution in [0.2, 0.25) is 0 Å². The standard InChI is InChI=1S/C13H20N4O3/c1-4-17-7-10(14)11(15-17)12(18)16-5-8(2)9(6-16)13(19)20-3/h7-9H,4-6,14H2,1-3H3. The van der Waals surface area contributed by atoms with Crippen molar-refractivity contribution in [1.82, 2.24) is 14.7 Å². The number of methoxy groups -OCH3 is 1. The topological polar surface area (TPSA) is 90.5 Å². The maximum atomic E-state index is 12.4. The van der Waals surface area contributed by atoms with Crippen LogP contribution in [0.25, 0.3) is 0 Å². The third kappa shape index (κ3) is 2.48. The van der Waals surface area contributed by atoms with Crippen LogP contribution in [0.3, 0.4) is 0 Å². The number of carbonyl (C=O) groups is 2. The first kappa shape index (κ1) is 14.4. The van der Waals surface area contributed by atoms with Gasteiger partial charge in [-0.1, -0.05) is 6.92 Å². The van der Waals surface area contributed by atoms with Crippen LogP contribution in [0.5, 0.6) is 0 Å². The zero-order valence-corrected chi connectivity index (χ0v) is 12.0. The summed E-state index contributed by atoms with van der Waals surface area (Å²) in [5.41, 5.74) is 6.44. The van der Waals surface area contributed by atoms with Crippen molar-refractivity contribution in [3.63, 3.8) is 0 Å². The minimum absolute atomic E-state index is 0.0703. The Labute approximate surface area is 117 Å². The Morgan fingerprint density at radius 1 is 1.50 bits per heavy atom. The number of anilines is 1. The fourth-order valence-corrected chi connectivity index (χ4v) is 2.51. The van der Waals surface area contributed by atoms with Crippen LogP contribution in [0.1, 0.15) is 24.3 Å². The van der Waals surface area contributed by atoms with Gasteiger partial charge in [0.25, 0.3) is 5.91 Å². The highest BCUT2D eigenvalue weighted by Crippen LogP contribution is 2.26. The summed E-state index contributed by atoms with van der Waals surface area (Å²) in [6.45, 7) is 5.37. The largest absolute Gasteiger partial charge is 0.469 e. The molecule has 110 valence electrons. The van der Waals surface area contributed by atoms with Gasteiger partial charge in [-0.05, 0) is 12.8 Å². The molecule has 2 N–H and O–H groups in total. The number of nitrogen functional groups attached to an aromatic ring is 1. The Bertz CT molecular complexity index is 526. The van der Waals surface area contributed by atoms with E-state index in [1.807, 2.05) is 13.8 Å². The van der Waals surface area contributed by atoms with Gasteiger partial charge in [0.15, 0.2) is 5.69 Å². The van der Waals surface area contributed by atoms with Crippen LogP contribution in [0.15, 0.2) is 6.20 Å². The van der Waals surface area contributed by atoms with Crippen molar-refractivity contribution in [2.75, 3.05) is 25.9 Å². The van der Waals surface area contributed by atoms with Gasteiger partial charge in [-0.25, -0.2) is 0 Å². The van der Waals surface area contributed by atoms with Crippen molar-refractivity contribution >= 4 is 17.6 Å². The Morgan fingerprint density at radius 2 is 2.20 bits per heavy atom. The molecule has 7 heteroatoms. The highest BCUT2D eigenvalue weighted by molar-refractivity contribution is 5.97. The molecule has 1 aliphatic rings. The van der Waals surface area contributed by atoms with Crippen molar-refractivity contribution in [2.24, 2.45) is 11.8 Å². The van der Waals surface area contributed by atoms with Crippen LogP contribution in [0.4, 0.5) is 5.69 Å². The second-order valence-electron chi connectivity index (χ2n) is 5.11. The summed E-state index contributed by atoms with van der Waals surface area (Å²) >= 11 is 0. The first-order valence-corrected chi connectivity index (χ1v) is 6.68. The smallest absolute Gasteiger partial charge is 0.310 e. The fourth-order valence-electron chi connectivity index (χ4n) is 2.51. The predicted molar refractivity (Wildman–Crippen MR) is 72.9 cm³/mol. The molecule has 0 aromatic carbocycles. The van der Waals surface area contributed by atoms with Gasteiger partial charge in [-0.15, -0.1) is 0 Å². The molecule has 2 unspecified atom stereocenters.